The molecule has 10 heteroatoms. The molecule has 0 bridgehead atoms. The van der Waals surface area contributed by atoms with Crippen LogP contribution in [0.15, 0.2) is 28.0 Å². The number of nitrogens with zero attached hydrogens (tertiary/aromatic N) is 2. The summed E-state index contributed by atoms with van der Waals surface area (Å²) in [7, 11) is -7.66. The monoisotopic (exact) mass is 443 g/mol. The number of sulfone groups is 1. The Kier molecular flexibility index (Phi) is 6.26. The molecule has 0 spiro atoms. The molecule has 2 fully saturated rings. The smallest absolute Gasteiger partial charge is 0.238 e. The van der Waals surface area contributed by atoms with Gasteiger partial charge in [-0.2, -0.15) is 0 Å². The lowest BCUT2D eigenvalue weighted by molar-refractivity contribution is -0.137. The quantitative estimate of drug-likeness (QED) is 0.747. The van der Waals surface area contributed by atoms with Crippen LogP contribution in [-0.2, 0) is 24.7 Å². The summed E-state index contributed by atoms with van der Waals surface area (Å²) in [5.41, 5.74) is 0.456. The molecule has 29 heavy (non-hydrogen) atoms. The lowest BCUT2D eigenvalue weighted by atomic mass is 9.92. The van der Waals surface area contributed by atoms with Crippen LogP contribution in [0.1, 0.15) is 32.6 Å². The second-order valence-electron chi connectivity index (χ2n) is 8.22. The number of sulfonamides is 1. The lowest BCUT2D eigenvalue weighted by Gasteiger charge is -2.38. The highest BCUT2D eigenvalue weighted by Crippen LogP contribution is 2.32. The highest BCUT2D eigenvalue weighted by Gasteiger charge is 2.31. The van der Waals surface area contributed by atoms with Crippen molar-refractivity contribution in [3.8, 4) is 0 Å². The second kappa shape index (κ2) is 8.23. The van der Waals surface area contributed by atoms with E-state index in [2.05, 4.69) is 6.92 Å². The topological polar surface area (TPSA) is 118 Å². The zero-order valence-electron chi connectivity index (χ0n) is 16.9. The number of carbonyl (C=O) groups excluding carboxylic acids is 1. The molecule has 0 unspecified atom stereocenters. The average Bonchev–Trinajstić information content (AvgIpc) is 2.66. The molecule has 2 N–H and O–H groups in total. The van der Waals surface area contributed by atoms with E-state index in [4.69, 9.17) is 5.14 Å². The first-order valence-corrected chi connectivity index (χ1v) is 13.3. The van der Waals surface area contributed by atoms with Crippen molar-refractivity contribution in [2.45, 2.75) is 42.4 Å². The van der Waals surface area contributed by atoms with Gasteiger partial charge in [0.15, 0.2) is 9.84 Å². The van der Waals surface area contributed by atoms with Gasteiger partial charge in [-0.15, -0.1) is 0 Å². The first kappa shape index (κ1) is 22.0. The Balaban J connectivity index is 1.74. The Labute approximate surface area is 173 Å². The molecule has 3 rings (SSSR count). The van der Waals surface area contributed by atoms with E-state index in [1.165, 1.54) is 12.1 Å². The molecule has 0 radical (unpaired) electrons. The van der Waals surface area contributed by atoms with Crippen LogP contribution in [0.4, 0.5) is 5.69 Å². The van der Waals surface area contributed by atoms with E-state index in [-0.39, 0.29) is 21.6 Å². The van der Waals surface area contributed by atoms with Crippen molar-refractivity contribution in [3.05, 3.63) is 18.2 Å². The van der Waals surface area contributed by atoms with E-state index < -0.39 is 19.9 Å². The van der Waals surface area contributed by atoms with Crippen molar-refractivity contribution in [1.82, 2.24) is 4.90 Å². The maximum Gasteiger partial charge on any atom is 0.238 e. The molecular weight excluding hydrogens is 414 g/mol. The summed E-state index contributed by atoms with van der Waals surface area (Å²) in [6.45, 7) is 4.91. The van der Waals surface area contributed by atoms with Gasteiger partial charge in [-0.3, -0.25) is 4.79 Å². The number of hydrogen-bond acceptors (Lipinski definition) is 6. The fourth-order valence-corrected chi connectivity index (χ4v) is 5.62. The highest BCUT2D eigenvalue weighted by molar-refractivity contribution is 7.91. The third kappa shape index (κ3) is 5.10. The first-order valence-electron chi connectivity index (χ1n) is 9.87. The minimum atomic E-state index is -4.00. The molecule has 8 nitrogen and oxygen atoms in total. The summed E-state index contributed by atoms with van der Waals surface area (Å²) in [6, 6.07) is 3.93. The molecule has 0 aromatic heterocycles. The molecule has 2 aliphatic rings. The van der Waals surface area contributed by atoms with Gasteiger partial charge < -0.3 is 9.80 Å². The molecule has 2 saturated heterocycles. The standard InChI is InChI=1S/C19H29N3O5S2/c1-14-5-9-22(10-6-14)19(23)15-7-11-21(12-8-15)17-4-3-16(29(20,26)27)13-18(17)28(2,24)25/h3-4,13-15H,5-12H2,1-2H3,(H2,20,26,27). The number of piperidine rings is 2. The third-order valence-electron chi connectivity index (χ3n) is 5.94. The number of amides is 1. The summed E-state index contributed by atoms with van der Waals surface area (Å²) >= 11 is 0. The van der Waals surface area contributed by atoms with Crippen molar-refractivity contribution < 1.29 is 21.6 Å². The predicted molar refractivity (Wildman–Crippen MR) is 111 cm³/mol. The van der Waals surface area contributed by atoms with Crippen molar-refractivity contribution in [1.29, 1.82) is 0 Å². The Morgan fingerprint density at radius 3 is 2.10 bits per heavy atom. The molecule has 0 atom stereocenters. The molecule has 2 aliphatic heterocycles. The van der Waals surface area contributed by atoms with Crippen molar-refractivity contribution in [2.75, 3.05) is 37.3 Å². The van der Waals surface area contributed by atoms with E-state index in [1.54, 1.807) is 0 Å². The van der Waals surface area contributed by atoms with Gasteiger partial charge in [0.05, 0.1) is 15.5 Å². The third-order valence-corrected chi connectivity index (χ3v) is 7.98. The molecule has 0 saturated carbocycles. The van der Waals surface area contributed by atoms with Crippen LogP contribution in [-0.4, -0.2) is 60.1 Å². The van der Waals surface area contributed by atoms with Crippen LogP contribution in [0.2, 0.25) is 0 Å². The Hall–Kier alpha value is -1.65. The van der Waals surface area contributed by atoms with Crippen LogP contribution in [0, 0.1) is 11.8 Å². The summed E-state index contributed by atoms with van der Waals surface area (Å²) in [6.07, 6.45) is 4.42. The van der Waals surface area contributed by atoms with Gasteiger partial charge in [0.2, 0.25) is 15.9 Å². The van der Waals surface area contributed by atoms with Crippen molar-refractivity contribution in [2.24, 2.45) is 17.0 Å². The summed E-state index contributed by atoms with van der Waals surface area (Å²) < 4.78 is 47.7. The molecule has 1 aromatic carbocycles. The number of carbonyl (C=O) groups is 1. The minimum Gasteiger partial charge on any atom is -0.370 e. The SMILES string of the molecule is CC1CCN(C(=O)C2CCN(c3ccc(S(N)(=O)=O)cc3S(C)(=O)=O)CC2)CC1. The first-order chi connectivity index (χ1) is 13.5. The number of rotatable bonds is 4. The van der Waals surface area contributed by atoms with Gasteiger partial charge in [-0.25, -0.2) is 22.0 Å². The Bertz CT molecular complexity index is 975. The molecule has 1 amide bonds. The Morgan fingerprint density at radius 1 is 1.00 bits per heavy atom. The van der Waals surface area contributed by atoms with Crippen LogP contribution in [0.25, 0.3) is 0 Å². The highest BCUT2D eigenvalue weighted by atomic mass is 32.2. The molecule has 162 valence electrons. The fourth-order valence-electron chi connectivity index (χ4n) is 4.08. The average molecular weight is 444 g/mol. The van der Waals surface area contributed by atoms with Gasteiger partial charge in [0.1, 0.15) is 0 Å². The van der Waals surface area contributed by atoms with E-state index in [0.717, 1.165) is 38.3 Å². The second-order valence-corrected chi connectivity index (χ2v) is 11.8. The number of likely N-dealkylation sites (tertiary alicyclic amines) is 1. The zero-order valence-corrected chi connectivity index (χ0v) is 18.5. The van der Waals surface area contributed by atoms with Gasteiger partial charge in [0, 0.05) is 38.4 Å². The Morgan fingerprint density at radius 2 is 1.59 bits per heavy atom. The van der Waals surface area contributed by atoms with E-state index in [9.17, 15) is 21.6 Å². The van der Waals surface area contributed by atoms with Crippen LogP contribution in [0.5, 0.6) is 0 Å². The fraction of sp³-hybridized carbons (Fsp3) is 0.632. The maximum absolute atomic E-state index is 12.8. The number of anilines is 1. The molecule has 1 aromatic rings. The van der Waals surface area contributed by atoms with Gasteiger partial charge >= 0.3 is 0 Å². The van der Waals surface area contributed by atoms with Crippen molar-refractivity contribution >= 4 is 31.5 Å². The molecule has 2 heterocycles. The van der Waals surface area contributed by atoms with E-state index in [0.29, 0.717) is 37.5 Å². The number of benzene rings is 1. The lowest BCUT2D eigenvalue weighted by Crippen LogP contribution is -2.45. The molecular formula is C19H29N3O5S2. The maximum atomic E-state index is 12.8. The minimum absolute atomic E-state index is 0.0509. The summed E-state index contributed by atoms with van der Waals surface area (Å²) in [5.74, 6) is 0.810. The van der Waals surface area contributed by atoms with Gasteiger partial charge in [-0.05, 0) is 49.8 Å². The molecule has 0 aliphatic carbocycles. The number of primary sulfonamides is 1. The normalized spacial score (nSPS) is 20.1. The summed E-state index contributed by atoms with van der Waals surface area (Å²) in [4.78, 5) is 16.4. The van der Waals surface area contributed by atoms with Crippen LogP contribution < -0.4 is 10.0 Å². The van der Waals surface area contributed by atoms with E-state index in [1.807, 2.05) is 9.80 Å². The number of nitrogens with two attached hydrogens (primary N) is 1. The predicted octanol–water partition coefficient (Wildman–Crippen LogP) is 1.21. The van der Waals surface area contributed by atoms with Crippen LogP contribution in [0.3, 0.4) is 0 Å². The van der Waals surface area contributed by atoms with Gasteiger partial charge in [-0.1, -0.05) is 6.92 Å². The largest absolute Gasteiger partial charge is 0.370 e. The van der Waals surface area contributed by atoms with Crippen molar-refractivity contribution in [3.63, 3.8) is 0 Å². The van der Waals surface area contributed by atoms with Gasteiger partial charge in [0.25, 0.3) is 0 Å². The summed E-state index contributed by atoms with van der Waals surface area (Å²) in [5, 5.41) is 5.15. The number of hydrogen-bond donors (Lipinski definition) is 1. The zero-order chi connectivity index (χ0) is 21.4. The van der Waals surface area contributed by atoms with Crippen LogP contribution >= 0.6 is 0 Å². The van der Waals surface area contributed by atoms with E-state index >= 15 is 0 Å².